The molecule has 1 aliphatic heterocycles. The molecule has 2 aromatic carbocycles. The van der Waals surface area contributed by atoms with Gasteiger partial charge in [0.2, 0.25) is 5.91 Å². The Morgan fingerprint density at radius 2 is 2.04 bits per heavy atom. The molecule has 0 saturated carbocycles. The summed E-state index contributed by atoms with van der Waals surface area (Å²) in [6.07, 6.45) is 3.02. The number of rotatable bonds is 2. The lowest BCUT2D eigenvalue weighted by atomic mass is 9.99. The zero-order chi connectivity index (χ0) is 17.7. The van der Waals surface area contributed by atoms with Crippen molar-refractivity contribution < 1.29 is 9.18 Å². The molecule has 4 nitrogen and oxygen atoms in total. The molecular weight excluding hydrogens is 341 g/mol. The summed E-state index contributed by atoms with van der Waals surface area (Å²) in [6.45, 7) is 1.98. The summed E-state index contributed by atoms with van der Waals surface area (Å²) in [7, 11) is 1.85. The van der Waals surface area contributed by atoms with Crippen LogP contribution in [-0.4, -0.2) is 21.7 Å². The molecule has 1 unspecified atom stereocenters. The van der Waals surface area contributed by atoms with Crippen molar-refractivity contribution in [3.63, 3.8) is 0 Å². The first-order chi connectivity index (χ1) is 12.0. The number of benzene rings is 2. The van der Waals surface area contributed by atoms with E-state index >= 15 is 0 Å². The van der Waals surface area contributed by atoms with Crippen LogP contribution in [0, 0.1) is 5.82 Å². The second kappa shape index (κ2) is 5.85. The van der Waals surface area contributed by atoms with Crippen LogP contribution >= 0.6 is 11.6 Å². The van der Waals surface area contributed by atoms with Gasteiger partial charge in [0.1, 0.15) is 5.82 Å². The van der Waals surface area contributed by atoms with Gasteiger partial charge < -0.3 is 4.90 Å². The van der Waals surface area contributed by atoms with E-state index in [0.29, 0.717) is 17.1 Å². The van der Waals surface area contributed by atoms with Gasteiger partial charge in [-0.2, -0.15) is 5.10 Å². The maximum Gasteiger partial charge on any atom is 0.227 e. The Morgan fingerprint density at radius 3 is 2.76 bits per heavy atom. The highest BCUT2D eigenvalue weighted by Crippen LogP contribution is 2.40. The Kier molecular flexibility index (Phi) is 3.76. The molecular formula is C19H17ClFN3O. The van der Waals surface area contributed by atoms with E-state index < -0.39 is 0 Å². The lowest BCUT2D eigenvalue weighted by Gasteiger charge is -2.25. The van der Waals surface area contributed by atoms with Crippen LogP contribution in [0.1, 0.15) is 19.8 Å². The largest absolute Gasteiger partial charge is 0.309 e. The van der Waals surface area contributed by atoms with E-state index in [1.165, 1.54) is 12.1 Å². The van der Waals surface area contributed by atoms with Crippen molar-refractivity contribution in [2.75, 3.05) is 4.90 Å². The molecule has 0 radical (unpaired) electrons. The molecule has 4 rings (SSSR count). The van der Waals surface area contributed by atoms with Crippen molar-refractivity contribution in [2.24, 2.45) is 7.05 Å². The Labute approximate surface area is 149 Å². The summed E-state index contributed by atoms with van der Waals surface area (Å²) in [5, 5.41) is 5.79. The molecule has 0 aliphatic carbocycles. The molecule has 1 atom stereocenters. The predicted octanol–water partition coefficient (Wildman–Crippen LogP) is 4.55. The Bertz CT molecular complexity index is 998. The van der Waals surface area contributed by atoms with E-state index in [1.807, 2.05) is 26.1 Å². The summed E-state index contributed by atoms with van der Waals surface area (Å²) < 4.78 is 15.7. The van der Waals surface area contributed by atoms with Crippen molar-refractivity contribution in [1.82, 2.24) is 9.78 Å². The molecule has 1 fully saturated rings. The first-order valence-corrected chi connectivity index (χ1v) is 8.57. The quantitative estimate of drug-likeness (QED) is 0.675. The highest BCUT2D eigenvalue weighted by Gasteiger charge is 2.31. The fraction of sp³-hybridized carbons (Fsp3) is 0.263. The third kappa shape index (κ3) is 2.59. The van der Waals surface area contributed by atoms with Gasteiger partial charge >= 0.3 is 0 Å². The topological polar surface area (TPSA) is 38.1 Å². The number of nitrogens with zero attached hydrogens (tertiary/aromatic N) is 3. The van der Waals surface area contributed by atoms with Gasteiger partial charge in [-0.25, -0.2) is 4.39 Å². The average Bonchev–Trinajstić information content (AvgIpc) is 3.10. The van der Waals surface area contributed by atoms with Crippen LogP contribution in [0.15, 0.2) is 36.5 Å². The van der Waals surface area contributed by atoms with E-state index in [0.717, 1.165) is 28.5 Å². The van der Waals surface area contributed by atoms with Gasteiger partial charge in [0.05, 0.1) is 17.4 Å². The molecule has 128 valence electrons. The molecule has 3 aromatic rings. The summed E-state index contributed by atoms with van der Waals surface area (Å²) in [5.41, 5.74) is 3.10. The average molecular weight is 358 g/mol. The van der Waals surface area contributed by atoms with Gasteiger partial charge in [-0.1, -0.05) is 11.6 Å². The third-order valence-corrected chi connectivity index (χ3v) is 5.04. The smallest absolute Gasteiger partial charge is 0.227 e. The highest BCUT2D eigenvalue weighted by molar-refractivity contribution is 6.32. The SMILES string of the molecule is CC1CCC(=O)N1c1cc(F)ccc1-c1cc(Cl)cc2c1cnn2C. The maximum atomic E-state index is 14.0. The number of hydrogen-bond donors (Lipinski definition) is 0. The minimum atomic E-state index is -0.366. The molecule has 0 spiro atoms. The van der Waals surface area contributed by atoms with Crippen molar-refractivity contribution in [3.8, 4) is 11.1 Å². The van der Waals surface area contributed by atoms with Crippen molar-refractivity contribution in [3.05, 3.63) is 47.4 Å². The molecule has 0 N–H and O–H groups in total. The standard InChI is InChI=1S/C19H17ClFN3O/c1-11-3-6-19(25)24(11)18-9-13(21)4-5-14(18)15-7-12(20)8-17-16(15)10-22-23(17)2/h4-5,7-11H,3,6H2,1-2H3. The first kappa shape index (κ1) is 16.1. The minimum absolute atomic E-state index is 0.0174. The normalized spacial score (nSPS) is 17.7. The molecule has 1 aliphatic rings. The first-order valence-electron chi connectivity index (χ1n) is 8.19. The molecule has 6 heteroatoms. The number of hydrogen-bond acceptors (Lipinski definition) is 2. The van der Waals surface area contributed by atoms with Crippen LogP contribution in [-0.2, 0) is 11.8 Å². The fourth-order valence-electron chi connectivity index (χ4n) is 3.57. The molecule has 2 heterocycles. The Balaban J connectivity index is 2.00. The third-order valence-electron chi connectivity index (χ3n) is 4.83. The molecule has 1 saturated heterocycles. The molecule has 1 aromatic heterocycles. The second-order valence-electron chi connectivity index (χ2n) is 6.47. The van der Waals surface area contributed by atoms with Crippen molar-refractivity contribution in [2.45, 2.75) is 25.8 Å². The number of halogens is 2. The Hall–Kier alpha value is -2.40. The highest BCUT2D eigenvalue weighted by atomic mass is 35.5. The van der Waals surface area contributed by atoms with Crippen molar-refractivity contribution >= 4 is 34.1 Å². The summed E-state index contributed by atoms with van der Waals surface area (Å²) in [6, 6.07) is 8.27. The van der Waals surface area contributed by atoms with Crippen LogP contribution in [0.4, 0.5) is 10.1 Å². The van der Waals surface area contributed by atoms with Gasteiger partial charge in [0, 0.05) is 35.5 Å². The van der Waals surface area contributed by atoms with E-state index in [4.69, 9.17) is 11.6 Å². The number of fused-ring (bicyclic) bond motifs is 1. The molecule has 25 heavy (non-hydrogen) atoms. The number of amides is 1. The number of carbonyl (C=O) groups is 1. The Morgan fingerprint density at radius 1 is 1.24 bits per heavy atom. The van der Waals surface area contributed by atoms with Gasteiger partial charge in [-0.15, -0.1) is 0 Å². The maximum absolute atomic E-state index is 14.0. The van der Waals surface area contributed by atoms with Crippen molar-refractivity contribution in [1.29, 1.82) is 0 Å². The van der Waals surface area contributed by atoms with Crippen LogP contribution in [0.25, 0.3) is 22.0 Å². The number of carbonyl (C=O) groups excluding carboxylic acids is 1. The number of aromatic nitrogens is 2. The molecule has 0 bridgehead atoms. The lowest BCUT2D eigenvalue weighted by Crippen LogP contribution is -2.31. The van der Waals surface area contributed by atoms with Gasteiger partial charge in [-0.05, 0) is 49.2 Å². The number of aryl methyl sites for hydroxylation is 1. The fourth-order valence-corrected chi connectivity index (χ4v) is 3.78. The number of anilines is 1. The minimum Gasteiger partial charge on any atom is -0.309 e. The van der Waals surface area contributed by atoms with Gasteiger partial charge in [0.15, 0.2) is 0 Å². The lowest BCUT2D eigenvalue weighted by molar-refractivity contribution is -0.117. The second-order valence-corrected chi connectivity index (χ2v) is 6.90. The predicted molar refractivity (Wildman–Crippen MR) is 97.3 cm³/mol. The molecule has 1 amide bonds. The van der Waals surface area contributed by atoms with E-state index in [-0.39, 0.29) is 17.8 Å². The summed E-state index contributed by atoms with van der Waals surface area (Å²) in [4.78, 5) is 14.1. The van der Waals surface area contributed by atoms with Crippen LogP contribution in [0.2, 0.25) is 5.02 Å². The summed E-state index contributed by atoms with van der Waals surface area (Å²) in [5.74, 6) is -0.348. The van der Waals surface area contributed by atoms with E-state index in [2.05, 4.69) is 5.10 Å². The summed E-state index contributed by atoms with van der Waals surface area (Å²) >= 11 is 6.31. The van der Waals surface area contributed by atoms with Crippen LogP contribution in [0.5, 0.6) is 0 Å². The van der Waals surface area contributed by atoms with E-state index in [1.54, 1.807) is 21.8 Å². The van der Waals surface area contributed by atoms with Crippen LogP contribution < -0.4 is 4.90 Å². The van der Waals surface area contributed by atoms with Crippen LogP contribution in [0.3, 0.4) is 0 Å². The van der Waals surface area contributed by atoms with Gasteiger partial charge in [-0.3, -0.25) is 9.48 Å². The van der Waals surface area contributed by atoms with E-state index in [9.17, 15) is 9.18 Å². The zero-order valence-corrected chi connectivity index (χ0v) is 14.7. The van der Waals surface area contributed by atoms with Gasteiger partial charge in [0.25, 0.3) is 0 Å². The monoisotopic (exact) mass is 357 g/mol. The zero-order valence-electron chi connectivity index (χ0n) is 14.0.